The number of rotatable bonds is 1. The quantitative estimate of drug-likeness (QED) is 0.288. The molecule has 0 bridgehead atoms. The largest absolute Gasteiger partial charge is 0.389 e. The van der Waals surface area contributed by atoms with Crippen molar-refractivity contribution in [1.82, 2.24) is 14.9 Å². The first-order valence-electron chi connectivity index (χ1n) is 10.3. The number of amides is 2. The smallest absolute Gasteiger partial charge is 0.259 e. The maximum absolute atomic E-state index is 13.0. The summed E-state index contributed by atoms with van der Waals surface area (Å²) in [5, 5.41) is 16.1. The third-order valence-corrected chi connectivity index (χ3v) is 6.65. The van der Waals surface area contributed by atoms with Gasteiger partial charge in [0, 0.05) is 39.0 Å². The van der Waals surface area contributed by atoms with Crippen molar-refractivity contribution in [3.63, 3.8) is 0 Å². The molecule has 2 aromatic heterocycles. The maximum Gasteiger partial charge on any atom is 0.259 e. The van der Waals surface area contributed by atoms with Crippen LogP contribution in [0, 0.1) is 0 Å². The first kappa shape index (κ1) is 16.8. The molecule has 3 N–H and O–H groups in total. The summed E-state index contributed by atoms with van der Waals surface area (Å²) in [4.78, 5) is 29.5. The van der Waals surface area contributed by atoms with E-state index in [-0.39, 0.29) is 17.9 Å². The number of nitrogens with one attached hydrogen (secondary N) is 2. The minimum Gasteiger partial charge on any atom is -0.389 e. The number of H-pyrrole nitrogens is 1. The molecule has 0 radical (unpaired) electrons. The third-order valence-electron chi connectivity index (χ3n) is 6.65. The van der Waals surface area contributed by atoms with Gasteiger partial charge in [-0.2, -0.15) is 0 Å². The molecule has 2 amide bonds. The second-order valence-corrected chi connectivity index (χ2v) is 8.32. The summed E-state index contributed by atoms with van der Waals surface area (Å²) in [6.45, 7) is 0. The number of aromatic nitrogens is 2. The zero-order chi connectivity index (χ0) is 20.9. The number of carbonyl (C=O) groups excluding carboxylic acids is 2. The lowest BCUT2D eigenvalue weighted by atomic mass is 9.96. The van der Waals surface area contributed by atoms with E-state index in [1.54, 1.807) is 0 Å². The zero-order valence-corrected chi connectivity index (χ0v) is 16.3. The van der Waals surface area contributed by atoms with Crippen LogP contribution in [-0.4, -0.2) is 32.6 Å². The van der Waals surface area contributed by atoms with Gasteiger partial charge in [0.25, 0.3) is 11.8 Å². The van der Waals surface area contributed by atoms with Crippen molar-refractivity contribution in [3.8, 4) is 0 Å². The molecule has 6 nitrogen and oxygen atoms in total. The molecule has 0 spiro atoms. The molecule has 6 heteroatoms. The van der Waals surface area contributed by atoms with E-state index in [0.29, 0.717) is 17.5 Å². The fourth-order valence-electron chi connectivity index (χ4n) is 5.47. The highest BCUT2D eigenvalue weighted by Gasteiger charge is 2.36. The van der Waals surface area contributed by atoms with E-state index in [4.69, 9.17) is 0 Å². The molecule has 2 aliphatic rings. The third kappa shape index (κ3) is 2.00. The highest BCUT2D eigenvalue weighted by Crippen LogP contribution is 2.45. The molecule has 1 aliphatic heterocycles. The Bertz CT molecular complexity index is 1650. The van der Waals surface area contributed by atoms with Crippen LogP contribution in [0.4, 0.5) is 0 Å². The number of nitrogens with zero attached hydrogens (tertiary/aromatic N) is 1. The summed E-state index contributed by atoms with van der Waals surface area (Å²) in [7, 11) is 0. The maximum atomic E-state index is 13.0. The number of allylic oxidation sites excluding steroid dienone is 1. The Morgan fingerprint density at radius 1 is 0.871 bits per heavy atom. The van der Waals surface area contributed by atoms with Gasteiger partial charge in [-0.05, 0) is 12.1 Å². The van der Waals surface area contributed by atoms with Gasteiger partial charge in [0.2, 0.25) is 0 Å². The van der Waals surface area contributed by atoms with Gasteiger partial charge in [0.05, 0.1) is 34.3 Å². The van der Waals surface area contributed by atoms with Crippen LogP contribution in [0.25, 0.3) is 43.6 Å². The standard InChI is InChI=1S/C25H17N3O3/c29-13-10-9-12(11-13)28-17-8-4-2-6-15(17)19-21-20(24(30)27-25(21)31)18-14-5-1-3-7-16(14)26-22(18)23(19)28/h1-10,12-13,26,29H,11H2,(H,27,30,31)/t12-,13+/m1/s1. The van der Waals surface area contributed by atoms with Crippen molar-refractivity contribution < 1.29 is 14.7 Å². The number of aliphatic hydroxyl groups excluding tert-OH is 1. The van der Waals surface area contributed by atoms with Crippen molar-refractivity contribution in [2.75, 3.05) is 0 Å². The number of para-hydroxylation sites is 2. The molecule has 3 heterocycles. The number of hydrogen-bond donors (Lipinski definition) is 3. The van der Waals surface area contributed by atoms with Crippen molar-refractivity contribution in [2.45, 2.75) is 18.6 Å². The SMILES string of the molecule is O=C1NC(=O)c2c1c1c3ccccc3[nH]c1c1c2c2ccccc2n1[C@@H]1C=C[C@H](O)C1. The van der Waals surface area contributed by atoms with Crippen LogP contribution in [0.5, 0.6) is 0 Å². The number of aromatic amines is 1. The molecule has 31 heavy (non-hydrogen) atoms. The number of fused-ring (bicyclic) bond motifs is 10. The van der Waals surface area contributed by atoms with Crippen LogP contribution in [0.15, 0.2) is 60.7 Å². The molecular weight excluding hydrogens is 390 g/mol. The molecule has 5 aromatic rings. The molecule has 0 saturated heterocycles. The summed E-state index contributed by atoms with van der Waals surface area (Å²) >= 11 is 0. The van der Waals surface area contributed by atoms with Crippen LogP contribution in [-0.2, 0) is 0 Å². The lowest BCUT2D eigenvalue weighted by Gasteiger charge is -2.16. The minimum atomic E-state index is -0.501. The highest BCUT2D eigenvalue weighted by atomic mass is 16.3. The van der Waals surface area contributed by atoms with Crippen LogP contribution in [0.3, 0.4) is 0 Å². The fraction of sp³-hybridized carbons (Fsp3) is 0.120. The Morgan fingerprint density at radius 2 is 1.58 bits per heavy atom. The molecule has 0 fully saturated rings. The predicted molar refractivity (Wildman–Crippen MR) is 119 cm³/mol. The number of hydrogen-bond acceptors (Lipinski definition) is 3. The van der Waals surface area contributed by atoms with Gasteiger partial charge in [0.1, 0.15) is 0 Å². The summed E-state index contributed by atoms with van der Waals surface area (Å²) in [5.41, 5.74) is 4.50. The van der Waals surface area contributed by atoms with Gasteiger partial charge >= 0.3 is 0 Å². The fourth-order valence-corrected chi connectivity index (χ4v) is 5.47. The molecular formula is C25H17N3O3. The molecule has 0 unspecified atom stereocenters. The zero-order valence-electron chi connectivity index (χ0n) is 16.3. The van der Waals surface area contributed by atoms with Crippen molar-refractivity contribution in [1.29, 1.82) is 0 Å². The van der Waals surface area contributed by atoms with Gasteiger partial charge in [-0.3, -0.25) is 14.9 Å². The van der Waals surface area contributed by atoms with Gasteiger partial charge in [-0.15, -0.1) is 0 Å². The van der Waals surface area contributed by atoms with Crippen LogP contribution in [0.2, 0.25) is 0 Å². The van der Waals surface area contributed by atoms with Crippen molar-refractivity contribution in [3.05, 3.63) is 71.8 Å². The van der Waals surface area contributed by atoms with E-state index in [0.717, 1.165) is 43.6 Å². The van der Waals surface area contributed by atoms with Gasteiger partial charge in [0.15, 0.2) is 0 Å². The topological polar surface area (TPSA) is 87.1 Å². The monoisotopic (exact) mass is 407 g/mol. The molecule has 2 atom stereocenters. The number of imide groups is 1. The van der Waals surface area contributed by atoms with Crippen molar-refractivity contribution >= 4 is 55.4 Å². The summed E-state index contributed by atoms with van der Waals surface area (Å²) in [5.74, 6) is -0.716. The van der Waals surface area contributed by atoms with E-state index in [1.165, 1.54) is 0 Å². The Balaban J connectivity index is 1.81. The van der Waals surface area contributed by atoms with Crippen LogP contribution >= 0.6 is 0 Å². The first-order valence-corrected chi connectivity index (χ1v) is 10.3. The van der Waals surface area contributed by atoms with E-state index < -0.39 is 6.10 Å². The first-order chi connectivity index (χ1) is 15.1. The Kier molecular flexibility index (Phi) is 3.05. The van der Waals surface area contributed by atoms with Gasteiger partial charge in [-0.25, -0.2) is 0 Å². The Hall–Kier alpha value is -3.90. The second kappa shape index (κ2) is 5.62. The average molecular weight is 407 g/mol. The molecule has 150 valence electrons. The lowest BCUT2D eigenvalue weighted by molar-refractivity contribution is 0.0880. The highest BCUT2D eigenvalue weighted by molar-refractivity contribution is 6.39. The van der Waals surface area contributed by atoms with Gasteiger partial charge in [-0.1, -0.05) is 48.6 Å². The molecule has 3 aromatic carbocycles. The average Bonchev–Trinajstić information content (AvgIpc) is 3.50. The van der Waals surface area contributed by atoms with E-state index in [9.17, 15) is 14.7 Å². The number of carbonyl (C=O) groups is 2. The van der Waals surface area contributed by atoms with E-state index in [2.05, 4.69) is 14.9 Å². The predicted octanol–water partition coefficient (Wildman–Crippen LogP) is 4.17. The number of benzene rings is 3. The van der Waals surface area contributed by atoms with Crippen molar-refractivity contribution in [2.24, 2.45) is 0 Å². The van der Waals surface area contributed by atoms with E-state index >= 15 is 0 Å². The molecule has 1 aliphatic carbocycles. The summed E-state index contributed by atoms with van der Waals surface area (Å²) in [6.07, 6.45) is 3.90. The number of aliphatic hydroxyl groups is 1. The summed E-state index contributed by atoms with van der Waals surface area (Å²) < 4.78 is 2.20. The normalized spacial score (nSPS) is 20.5. The Labute approximate surface area is 175 Å². The van der Waals surface area contributed by atoms with Crippen LogP contribution < -0.4 is 5.32 Å². The van der Waals surface area contributed by atoms with Crippen LogP contribution in [0.1, 0.15) is 33.2 Å². The molecule has 7 rings (SSSR count). The lowest BCUT2D eigenvalue weighted by Crippen LogP contribution is -2.20. The second-order valence-electron chi connectivity index (χ2n) is 8.32. The Morgan fingerprint density at radius 3 is 2.35 bits per heavy atom. The minimum absolute atomic E-state index is 0.0507. The summed E-state index contributed by atoms with van der Waals surface area (Å²) in [6, 6.07) is 15.7. The molecule has 0 saturated carbocycles. The van der Waals surface area contributed by atoms with E-state index in [1.807, 2.05) is 60.7 Å². The van der Waals surface area contributed by atoms with Gasteiger partial charge < -0.3 is 14.7 Å².